The van der Waals surface area contributed by atoms with Crippen molar-refractivity contribution in [3.63, 3.8) is 0 Å². The molecule has 0 unspecified atom stereocenters. The molecule has 2 rings (SSSR count). The number of anilines is 1. The van der Waals surface area contributed by atoms with E-state index in [1.807, 2.05) is 0 Å². The van der Waals surface area contributed by atoms with E-state index in [1.54, 1.807) is 40.0 Å². The van der Waals surface area contributed by atoms with Crippen LogP contribution >= 0.6 is 0 Å². The van der Waals surface area contributed by atoms with Gasteiger partial charge in [-0.1, -0.05) is 0 Å². The molecule has 1 heterocycles. The van der Waals surface area contributed by atoms with Crippen LogP contribution in [0.5, 0.6) is 11.5 Å². The molecule has 0 aliphatic carbocycles. The first-order valence-corrected chi connectivity index (χ1v) is 8.06. The Morgan fingerprint density at radius 2 is 1.82 bits per heavy atom. The van der Waals surface area contributed by atoms with Gasteiger partial charge in [-0.25, -0.2) is 8.42 Å². The van der Waals surface area contributed by atoms with Crippen LogP contribution in [0.1, 0.15) is 17.0 Å². The van der Waals surface area contributed by atoms with Crippen molar-refractivity contribution >= 4 is 15.7 Å². The molecule has 0 amide bonds. The third-order valence-electron chi connectivity index (χ3n) is 3.35. The molecule has 120 valence electrons. The third-order valence-corrected chi connectivity index (χ3v) is 4.98. The maximum Gasteiger partial charge on any atom is 0.265 e. The standard InChI is InChI=1S/C14H19N3O4S/c1-8-12(20-4)7-6-11(13(8)21-5)17-22(18,19)14-9(2)15-16-10(14)3/h6-7,17H,1-5H3,(H,15,16). The van der Waals surface area contributed by atoms with Gasteiger partial charge in [0.15, 0.2) is 0 Å². The summed E-state index contributed by atoms with van der Waals surface area (Å²) >= 11 is 0. The quantitative estimate of drug-likeness (QED) is 0.878. The van der Waals surface area contributed by atoms with E-state index >= 15 is 0 Å². The van der Waals surface area contributed by atoms with Crippen molar-refractivity contribution in [2.24, 2.45) is 0 Å². The number of ether oxygens (including phenoxy) is 2. The zero-order valence-electron chi connectivity index (χ0n) is 13.1. The van der Waals surface area contributed by atoms with Crippen LogP contribution < -0.4 is 14.2 Å². The highest BCUT2D eigenvalue weighted by Gasteiger charge is 2.24. The van der Waals surface area contributed by atoms with Crippen molar-refractivity contribution in [1.82, 2.24) is 10.2 Å². The van der Waals surface area contributed by atoms with Crippen molar-refractivity contribution in [1.29, 1.82) is 0 Å². The SMILES string of the molecule is COc1ccc(NS(=O)(=O)c2c(C)n[nH]c2C)c(OC)c1C. The summed E-state index contributed by atoms with van der Waals surface area (Å²) in [7, 11) is -0.739. The highest BCUT2D eigenvalue weighted by molar-refractivity contribution is 7.92. The second-order valence-corrected chi connectivity index (χ2v) is 6.46. The second kappa shape index (κ2) is 5.88. The number of rotatable bonds is 5. The van der Waals surface area contributed by atoms with Gasteiger partial charge in [-0.2, -0.15) is 5.10 Å². The molecule has 2 aromatic rings. The number of nitrogens with zero attached hydrogens (tertiary/aromatic N) is 1. The van der Waals surface area contributed by atoms with Crippen LogP contribution in [0.3, 0.4) is 0 Å². The third kappa shape index (κ3) is 2.74. The number of hydrogen-bond acceptors (Lipinski definition) is 5. The van der Waals surface area contributed by atoms with Gasteiger partial charge in [0.05, 0.1) is 31.3 Å². The predicted molar refractivity (Wildman–Crippen MR) is 83.2 cm³/mol. The molecular weight excluding hydrogens is 306 g/mol. The minimum Gasteiger partial charge on any atom is -0.496 e. The molecule has 0 aliphatic rings. The Bertz CT molecular complexity index is 777. The first-order valence-electron chi connectivity index (χ1n) is 6.57. The number of nitrogens with one attached hydrogen (secondary N) is 2. The number of hydrogen-bond donors (Lipinski definition) is 2. The van der Waals surface area contributed by atoms with Gasteiger partial charge in [-0.3, -0.25) is 9.82 Å². The molecule has 0 saturated heterocycles. The van der Waals surface area contributed by atoms with E-state index in [0.29, 0.717) is 34.1 Å². The fraction of sp³-hybridized carbons (Fsp3) is 0.357. The molecule has 0 bridgehead atoms. The number of sulfonamides is 1. The Labute approximate surface area is 129 Å². The van der Waals surface area contributed by atoms with E-state index in [4.69, 9.17) is 9.47 Å². The van der Waals surface area contributed by atoms with Crippen LogP contribution in [0.4, 0.5) is 5.69 Å². The van der Waals surface area contributed by atoms with Gasteiger partial charge in [0.2, 0.25) is 0 Å². The van der Waals surface area contributed by atoms with Crippen LogP contribution in [0, 0.1) is 20.8 Å². The number of aromatic amines is 1. The second-order valence-electron chi connectivity index (χ2n) is 4.84. The van der Waals surface area contributed by atoms with Crippen molar-refractivity contribution in [3.8, 4) is 11.5 Å². The first kappa shape index (κ1) is 16.2. The van der Waals surface area contributed by atoms with Gasteiger partial charge in [-0.05, 0) is 32.9 Å². The average molecular weight is 325 g/mol. The van der Waals surface area contributed by atoms with Crippen LogP contribution in [0.2, 0.25) is 0 Å². The molecule has 1 aromatic heterocycles. The summed E-state index contributed by atoms with van der Waals surface area (Å²) in [6, 6.07) is 3.29. The highest BCUT2D eigenvalue weighted by atomic mass is 32.2. The van der Waals surface area contributed by atoms with Gasteiger partial charge in [0, 0.05) is 5.56 Å². The summed E-state index contributed by atoms with van der Waals surface area (Å²) in [5.41, 5.74) is 1.95. The molecule has 0 fully saturated rings. The van der Waals surface area contributed by atoms with Crippen LogP contribution in [-0.2, 0) is 10.0 Å². The zero-order valence-corrected chi connectivity index (χ0v) is 14.0. The number of aryl methyl sites for hydroxylation is 2. The fourth-order valence-electron chi connectivity index (χ4n) is 2.37. The fourth-order valence-corrected chi connectivity index (χ4v) is 3.81. The lowest BCUT2D eigenvalue weighted by Crippen LogP contribution is -2.15. The summed E-state index contributed by atoms with van der Waals surface area (Å²) < 4.78 is 38.2. The lowest BCUT2D eigenvalue weighted by Gasteiger charge is -2.16. The molecule has 2 N–H and O–H groups in total. The molecular formula is C14H19N3O4S. The number of H-pyrrole nitrogens is 1. The minimum atomic E-state index is -3.76. The van der Waals surface area contributed by atoms with Crippen molar-refractivity contribution in [3.05, 3.63) is 29.1 Å². The van der Waals surface area contributed by atoms with Gasteiger partial charge in [-0.15, -0.1) is 0 Å². The number of benzene rings is 1. The minimum absolute atomic E-state index is 0.142. The first-order chi connectivity index (χ1) is 10.3. The van der Waals surface area contributed by atoms with E-state index in [9.17, 15) is 8.42 Å². The normalized spacial score (nSPS) is 11.3. The molecule has 22 heavy (non-hydrogen) atoms. The summed E-state index contributed by atoms with van der Waals surface area (Å²) in [5.74, 6) is 1.04. The molecule has 0 spiro atoms. The van der Waals surface area contributed by atoms with Crippen molar-refractivity contribution < 1.29 is 17.9 Å². The predicted octanol–water partition coefficient (Wildman–Crippen LogP) is 2.15. The van der Waals surface area contributed by atoms with E-state index in [2.05, 4.69) is 14.9 Å². The van der Waals surface area contributed by atoms with E-state index in [0.717, 1.165) is 0 Å². The Balaban J connectivity index is 2.49. The van der Waals surface area contributed by atoms with Crippen molar-refractivity contribution in [2.45, 2.75) is 25.7 Å². The number of aromatic nitrogens is 2. The maximum absolute atomic E-state index is 12.6. The summed E-state index contributed by atoms with van der Waals surface area (Å²) in [4.78, 5) is 0.142. The Kier molecular flexibility index (Phi) is 4.32. The van der Waals surface area contributed by atoms with E-state index in [-0.39, 0.29) is 4.90 Å². The Hall–Kier alpha value is -2.22. The average Bonchev–Trinajstić information content (AvgIpc) is 2.79. The van der Waals surface area contributed by atoms with Crippen LogP contribution in [0.15, 0.2) is 17.0 Å². The summed E-state index contributed by atoms with van der Waals surface area (Å²) in [6.07, 6.45) is 0. The van der Waals surface area contributed by atoms with Crippen molar-refractivity contribution in [2.75, 3.05) is 18.9 Å². The van der Waals surface area contributed by atoms with Gasteiger partial charge in [0.1, 0.15) is 16.4 Å². The van der Waals surface area contributed by atoms with Gasteiger partial charge >= 0.3 is 0 Å². The molecule has 8 heteroatoms. The Morgan fingerprint density at radius 3 is 2.32 bits per heavy atom. The molecule has 7 nitrogen and oxygen atoms in total. The van der Waals surface area contributed by atoms with Crippen LogP contribution in [0.25, 0.3) is 0 Å². The lowest BCUT2D eigenvalue weighted by atomic mass is 10.2. The highest BCUT2D eigenvalue weighted by Crippen LogP contribution is 2.36. The van der Waals surface area contributed by atoms with Gasteiger partial charge < -0.3 is 9.47 Å². The molecule has 0 radical (unpaired) electrons. The molecule has 1 aromatic carbocycles. The van der Waals surface area contributed by atoms with Crippen LogP contribution in [-0.4, -0.2) is 32.8 Å². The maximum atomic E-state index is 12.6. The summed E-state index contributed by atoms with van der Waals surface area (Å²) in [5, 5.41) is 6.58. The largest absolute Gasteiger partial charge is 0.496 e. The summed E-state index contributed by atoms with van der Waals surface area (Å²) in [6.45, 7) is 5.09. The zero-order chi connectivity index (χ0) is 16.5. The topological polar surface area (TPSA) is 93.3 Å². The molecule has 0 atom stereocenters. The smallest absolute Gasteiger partial charge is 0.265 e. The molecule has 0 aliphatic heterocycles. The Morgan fingerprint density at radius 1 is 1.14 bits per heavy atom. The van der Waals surface area contributed by atoms with E-state index in [1.165, 1.54) is 7.11 Å². The number of methoxy groups -OCH3 is 2. The van der Waals surface area contributed by atoms with Gasteiger partial charge in [0.25, 0.3) is 10.0 Å². The molecule has 0 saturated carbocycles. The van der Waals surface area contributed by atoms with E-state index < -0.39 is 10.0 Å². The monoisotopic (exact) mass is 325 g/mol. The lowest BCUT2D eigenvalue weighted by molar-refractivity contribution is 0.390.